The number of alkyl halides is 4. The minimum atomic E-state index is -4.36. The van der Waals surface area contributed by atoms with Crippen molar-refractivity contribution in [3.8, 4) is 0 Å². The first-order valence-corrected chi connectivity index (χ1v) is 7.19. The van der Waals surface area contributed by atoms with E-state index in [0.717, 1.165) is 18.6 Å². The minimum absolute atomic E-state index is 0.0451. The molecule has 2 nitrogen and oxygen atoms in total. The SMILES string of the molecule is CC(C)CC(Cl)CNC(=O)Cc1ccc(C(F)(F)F)cc1. The summed E-state index contributed by atoms with van der Waals surface area (Å²) in [4.78, 5) is 11.7. The summed E-state index contributed by atoms with van der Waals surface area (Å²) in [6, 6.07) is 4.58. The Bertz CT molecular complexity index is 457. The van der Waals surface area contributed by atoms with Crippen molar-refractivity contribution in [3.63, 3.8) is 0 Å². The molecule has 0 aliphatic heterocycles. The lowest BCUT2D eigenvalue weighted by Gasteiger charge is -2.13. The second-order valence-corrected chi connectivity index (χ2v) is 6.02. The van der Waals surface area contributed by atoms with Gasteiger partial charge in [-0.3, -0.25) is 4.79 Å². The molecule has 0 saturated carbocycles. The van der Waals surface area contributed by atoms with E-state index in [1.54, 1.807) is 0 Å². The van der Waals surface area contributed by atoms with Gasteiger partial charge in [0.1, 0.15) is 0 Å². The van der Waals surface area contributed by atoms with Gasteiger partial charge in [-0.1, -0.05) is 26.0 Å². The highest BCUT2D eigenvalue weighted by Gasteiger charge is 2.29. The molecule has 0 spiro atoms. The number of hydrogen-bond donors (Lipinski definition) is 1. The molecule has 21 heavy (non-hydrogen) atoms. The molecule has 0 saturated heterocycles. The number of rotatable bonds is 6. The van der Waals surface area contributed by atoms with Crippen molar-refractivity contribution >= 4 is 17.5 Å². The Labute approximate surface area is 127 Å². The molecule has 0 bridgehead atoms. The van der Waals surface area contributed by atoms with E-state index in [0.29, 0.717) is 18.0 Å². The molecule has 0 fully saturated rings. The fourth-order valence-electron chi connectivity index (χ4n) is 1.88. The normalized spacial score (nSPS) is 13.3. The maximum Gasteiger partial charge on any atom is 0.416 e. The van der Waals surface area contributed by atoms with Gasteiger partial charge in [0, 0.05) is 6.54 Å². The van der Waals surface area contributed by atoms with Crippen LogP contribution < -0.4 is 5.32 Å². The molecule has 118 valence electrons. The second kappa shape index (κ2) is 7.69. The standard InChI is InChI=1S/C15H19ClF3NO/c1-10(2)7-13(16)9-20-14(21)8-11-3-5-12(6-4-11)15(17,18)19/h3-6,10,13H,7-9H2,1-2H3,(H,20,21). The van der Waals surface area contributed by atoms with E-state index in [1.807, 2.05) is 13.8 Å². The first kappa shape index (κ1) is 17.8. The Morgan fingerprint density at radius 1 is 1.24 bits per heavy atom. The van der Waals surface area contributed by atoms with E-state index < -0.39 is 11.7 Å². The van der Waals surface area contributed by atoms with Crippen LogP contribution in [-0.2, 0) is 17.4 Å². The summed E-state index contributed by atoms with van der Waals surface area (Å²) in [6.45, 7) is 4.44. The highest BCUT2D eigenvalue weighted by molar-refractivity contribution is 6.20. The first-order chi connectivity index (χ1) is 9.68. The van der Waals surface area contributed by atoms with Gasteiger partial charge in [0.05, 0.1) is 17.4 Å². The predicted octanol–water partition coefficient (Wildman–Crippen LogP) is 4.02. The molecule has 0 aliphatic rings. The van der Waals surface area contributed by atoms with Crippen LogP contribution in [0.25, 0.3) is 0 Å². The summed E-state index contributed by atoms with van der Waals surface area (Å²) < 4.78 is 37.2. The summed E-state index contributed by atoms with van der Waals surface area (Å²) in [5.41, 5.74) is -0.181. The van der Waals surface area contributed by atoms with Crippen LogP contribution in [0.2, 0.25) is 0 Å². The Kier molecular flexibility index (Phi) is 6.52. The quantitative estimate of drug-likeness (QED) is 0.788. The monoisotopic (exact) mass is 321 g/mol. The van der Waals surface area contributed by atoms with Gasteiger partial charge in [-0.05, 0) is 30.0 Å². The van der Waals surface area contributed by atoms with Crippen LogP contribution in [0.3, 0.4) is 0 Å². The second-order valence-electron chi connectivity index (χ2n) is 5.40. The molecule has 1 amide bonds. The third-order valence-electron chi connectivity index (χ3n) is 2.89. The van der Waals surface area contributed by atoms with Crippen LogP contribution >= 0.6 is 11.6 Å². The van der Waals surface area contributed by atoms with Crippen molar-refractivity contribution in [1.29, 1.82) is 0 Å². The van der Waals surface area contributed by atoms with Crippen molar-refractivity contribution in [3.05, 3.63) is 35.4 Å². The van der Waals surface area contributed by atoms with E-state index in [9.17, 15) is 18.0 Å². The molecule has 1 aromatic carbocycles. The third kappa shape index (κ3) is 6.85. The van der Waals surface area contributed by atoms with E-state index in [4.69, 9.17) is 11.6 Å². The fourth-order valence-corrected chi connectivity index (χ4v) is 2.31. The van der Waals surface area contributed by atoms with Gasteiger partial charge in [-0.25, -0.2) is 0 Å². The van der Waals surface area contributed by atoms with Crippen LogP contribution in [0, 0.1) is 5.92 Å². The number of halogens is 4. The number of benzene rings is 1. The van der Waals surface area contributed by atoms with Crippen LogP contribution in [0.1, 0.15) is 31.4 Å². The predicted molar refractivity (Wildman–Crippen MR) is 77.3 cm³/mol. The molecule has 1 unspecified atom stereocenters. The molecular weight excluding hydrogens is 303 g/mol. The Morgan fingerprint density at radius 2 is 1.81 bits per heavy atom. The van der Waals surface area contributed by atoms with Gasteiger partial charge in [0.2, 0.25) is 5.91 Å². The highest BCUT2D eigenvalue weighted by atomic mass is 35.5. The van der Waals surface area contributed by atoms with Crippen LogP contribution in [0.5, 0.6) is 0 Å². The van der Waals surface area contributed by atoms with E-state index >= 15 is 0 Å². The molecule has 1 aromatic rings. The van der Waals surface area contributed by atoms with E-state index in [2.05, 4.69) is 5.32 Å². The molecular formula is C15H19ClF3NO. The summed E-state index contributed by atoms with van der Waals surface area (Å²) in [6.07, 6.45) is -3.52. The fraction of sp³-hybridized carbons (Fsp3) is 0.533. The maximum absolute atomic E-state index is 12.4. The lowest BCUT2D eigenvalue weighted by atomic mass is 10.1. The topological polar surface area (TPSA) is 29.1 Å². The largest absolute Gasteiger partial charge is 0.416 e. The summed E-state index contributed by atoms with van der Waals surface area (Å²) in [5.74, 6) is 0.198. The zero-order valence-corrected chi connectivity index (χ0v) is 12.8. The van der Waals surface area contributed by atoms with Gasteiger partial charge in [0.15, 0.2) is 0 Å². The number of carbonyl (C=O) groups excluding carboxylic acids is 1. The molecule has 0 radical (unpaired) electrons. The number of carbonyl (C=O) groups is 1. The van der Waals surface area contributed by atoms with Gasteiger partial charge in [-0.2, -0.15) is 13.2 Å². The number of nitrogens with one attached hydrogen (secondary N) is 1. The summed E-state index contributed by atoms with van der Waals surface area (Å²) in [7, 11) is 0. The van der Waals surface area contributed by atoms with Gasteiger partial charge >= 0.3 is 6.18 Å². The number of amides is 1. The molecule has 0 aromatic heterocycles. The van der Waals surface area contributed by atoms with Crippen molar-refractivity contribution in [2.75, 3.05) is 6.54 Å². The van der Waals surface area contributed by atoms with Crippen molar-refractivity contribution < 1.29 is 18.0 Å². The first-order valence-electron chi connectivity index (χ1n) is 6.75. The van der Waals surface area contributed by atoms with Crippen LogP contribution in [0.15, 0.2) is 24.3 Å². The summed E-state index contributed by atoms with van der Waals surface area (Å²) in [5, 5.41) is 2.55. The molecule has 0 heterocycles. The van der Waals surface area contributed by atoms with Gasteiger partial charge in [-0.15, -0.1) is 11.6 Å². The maximum atomic E-state index is 12.4. The zero-order chi connectivity index (χ0) is 16.0. The smallest absolute Gasteiger partial charge is 0.354 e. The van der Waals surface area contributed by atoms with Gasteiger partial charge < -0.3 is 5.32 Å². The Balaban J connectivity index is 2.45. The Morgan fingerprint density at radius 3 is 2.29 bits per heavy atom. The lowest BCUT2D eigenvalue weighted by Crippen LogP contribution is -2.31. The highest BCUT2D eigenvalue weighted by Crippen LogP contribution is 2.29. The average molecular weight is 322 g/mol. The Hall–Kier alpha value is -1.23. The summed E-state index contributed by atoms with van der Waals surface area (Å²) >= 11 is 6.05. The minimum Gasteiger partial charge on any atom is -0.354 e. The molecule has 1 rings (SSSR count). The zero-order valence-electron chi connectivity index (χ0n) is 12.0. The van der Waals surface area contributed by atoms with Crippen molar-refractivity contribution in [2.45, 2.75) is 38.2 Å². The third-order valence-corrected chi connectivity index (χ3v) is 3.23. The number of hydrogen-bond acceptors (Lipinski definition) is 1. The molecule has 1 atom stereocenters. The average Bonchev–Trinajstić information content (AvgIpc) is 2.35. The molecule has 0 aliphatic carbocycles. The van der Waals surface area contributed by atoms with E-state index in [-0.39, 0.29) is 17.7 Å². The van der Waals surface area contributed by atoms with Crippen molar-refractivity contribution in [1.82, 2.24) is 5.32 Å². The van der Waals surface area contributed by atoms with Crippen molar-refractivity contribution in [2.24, 2.45) is 5.92 Å². The lowest BCUT2D eigenvalue weighted by molar-refractivity contribution is -0.137. The van der Waals surface area contributed by atoms with Crippen LogP contribution in [-0.4, -0.2) is 17.8 Å². The van der Waals surface area contributed by atoms with Crippen LogP contribution in [0.4, 0.5) is 13.2 Å². The molecule has 1 N–H and O–H groups in total. The van der Waals surface area contributed by atoms with E-state index in [1.165, 1.54) is 12.1 Å². The molecule has 6 heteroatoms. The van der Waals surface area contributed by atoms with Gasteiger partial charge in [0.25, 0.3) is 0 Å².